The second-order valence-electron chi connectivity index (χ2n) is 8.59. The van der Waals surface area contributed by atoms with E-state index in [9.17, 15) is 9.18 Å². The molecule has 0 bridgehead atoms. The van der Waals surface area contributed by atoms with Gasteiger partial charge >= 0.3 is 6.03 Å². The zero-order valence-corrected chi connectivity index (χ0v) is 18.6. The fourth-order valence-corrected chi connectivity index (χ4v) is 3.97. The number of hydrogen-bond donors (Lipinski definition) is 3. The Labute approximate surface area is 186 Å². The van der Waals surface area contributed by atoms with Crippen LogP contribution in [-0.4, -0.2) is 56.6 Å². The van der Waals surface area contributed by atoms with Crippen molar-refractivity contribution in [1.82, 2.24) is 35.3 Å². The third-order valence-electron chi connectivity index (χ3n) is 5.67. The van der Waals surface area contributed by atoms with Gasteiger partial charge in [-0.05, 0) is 33.5 Å². The number of anilines is 2. The molecule has 10 heteroatoms. The van der Waals surface area contributed by atoms with Crippen molar-refractivity contribution in [2.45, 2.75) is 32.0 Å². The maximum atomic E-state index is 14.0. The average molecular weight is 439 g/mol. The second-order valence-corrected chi connectivity index (χ2v) is 8.59. The van der Waals surface area contributed by atoms with Crippen LogP contribution in [0.3, 0.4) is 0 Å². The molecule has 3 heterocycles. The fraction of sp³-hybridized carbons (Fsp3) is 0.364. The average Bonchev–Trinajstić information content (AvgIpc) is 3.27. The topological polar surface area (TPSA) is 102 Å². The summed E-state index contributed by atoms with van der Waals surface area (Å²) in [6.45, 7) is 4.89. The fourth-order valence-electron chi connectivity index (χ4n) is 3.97. The minimum Gasteiger partial charge on any atom is -0.330 e. The molecule has 32 heavy (non-hydrogen) atoms. The summed E-state index contributed by atoms with van der Waals surface area (Å²) in [5.41, 5.74) is 2.00. The van der Waals surface area contributed by atoms with E-state index in [1.807, 2.05) is 63.2 Å². The van der Waals surface area contributed by atoms with Gasteiger partial charge in [0.05, 0.1) is 30.0 Å². The van der Waals surface area contributed by atoms with Gasteiger partial charge in [0, 0.05) is 12.1 Å². The molecule has 168 valence electrons. The number of likely N-dealkylation sites (N-methyl/N-ethyl adjacent to an activating group) is 1. The predicted molar refractivity (Wildman–Crippen MR) is 119 cm³/mol. The van der Waals surface area contributed by atoms with Crippen molar-refractivity contribution < 1.29 is 9.18 Å². The summed E-state index contributed by atoms with van der Waals surface area (Å²) in [6, 6.07) is 9.54. The highest BCUT2D eigenvalue weighted by Gasteiger charge is 2.44. The van der Waals surface area contributed by atoms with Crippen molar-refractivity contribution in [2.75, 3.05) is 26.0 Å². The summed E-state index contributed by atoms with van der Waals surface area (Å²) in [7, 11) is 3.95. The zero-order chi connectivity index (χ0) is 22.9. The Balaban J connectivity index is 1.55. The van der Waals surface area contributed by atoms with E-state index in [-0.39, 0.29) is 17.9 Å². The van der Waals surface area contributed by atoms with Crippen molar-refractivity contribution in [3.05, 3.63) is 65.5 Å². The molecular formula is C22H27FN8O. The molecule has 0 saturated heterocycles. The lowest BCUT2D eigenvalue weighted by Crippen LogP contribution is -2.48. The number of carbonyl (C=O) groups excluding carboxylic acids is 1. The first-order valence-corrected chi connectivity index (χ1v) is 10.4. The van der Waals surface area contributed by atoms with E-state index in [1.54, 1.807) is 4.90 Å². The van der Waals surface area contributed by atoms with Crippen LogP contribution in [0.2, 0.25) is 0 Å². The molecule has 0 saturated carbocycles. The number of hydrogen-bond acceptors (Lipinski definition) is 6. The number of halogens is 1. The molecule has 2 aromatic heterocycles. The summed E-state index contributed by atoms with van der Waals surface area (Å²) in [4.78, 5) is 24.7. The Kier molecular flexibility index (Phi) is 5.79. The third-order valence-corrected chi connectivity index (χ3v) is 5.67. The van der Waals surface area contributed by atoms with Gasteiger partial charge in [-0.15, -0.1) is 0 Å². The molecule has 1 aromatic carbocycles. The zero-order valence-electron chi connectivity index (χ0n) is 18.6. The Hall–Kier alpha value is -3.53. The van der Waals surface area contributed by atoms with Crippen LogP contribution in [0.25, 0.3) is 0 Å². The molecule has 9 nitrogen and oxygen atoms in total. The van der Waals surface area contributed by atoms with E-state index in [0.717, 1.165) is 23.0 Å². The maximum absolute atomic E-state index is 14.0. The van der Waals surface area contributed by atoms with Crippen LogP contribution in [0.15, 0.2) is 42.9 Å². The van der Waals surface area contributed by atoms with Gasteiger partial charge in [-0.3, -0.25) is 5.10 Å². The molecule has 4 rings (SSSR count). The Morgan fingerprint density at radius 1 is 1.28 bits per heavy atom. The van der Waals surface area contributed by atoms with E-state index in [1.165, 1.54) is 6.33 Å². The molecular weight excluding hydrogens is 411 g/mol. The number of aromatic nitrogens is 4. The number of urea groups is 1. The second kappa shape index (κ2) is 8.54. The van der Waals surface area contributed by atoms with Crippen LogP contribution >= 0.6 is 0 Å². The standard InChI is InChI=1S/C22H27FN8O/c1-22(2)18-15(19(29-28-18)27-20-16(23)10-24-13-25-20)11-31(22)21(32)26-17(12-30(3)4)14-8-6-5-7-9-14/h5-10,13,17H,11-12H2,1-4H3,(H,26,32)(H2,24,25,27,28,29)/t17-/m1/s1. The quantitative estimate of drug-likeness (QED) is 0.547. The summed E-state index contributed by atoms with van der Waals surface area (Å²) in [5, 5.41) is 13.4. The van der Waals surface area contributed by atoms with Crippen molar-refractivity contribution in [3.63, 3.8) is 0 Å². The van der Waals surface area contributed by atoms with Crippen LogP contribution in [0.5, 0.6) is 0 Å². The normalized spacial score (nSPS) is 15.5. The van der Waals surface area contributed by atoms with Gasteiger partial charge in [0.25, 0.3) is 0 Å². The van der Waals surface area contributed by atoms with Crippen LogP contribution in [0, 0.1) is 5.82 Å². The van der Waals surface area contributed by atoms with Crippen LogP contribution < -0.4 is 10.6 Å². The molecule has 0 unspecified atom stereocenters. The molecule has 0 fully saturated rings. The molecule has 1 atom stereocenters. The number of amides is 2. The maximum Gasteiger partial charge on any atom is 0.319 e. The van der Waals surface area contributed by atoms with E-state index in [2.05, 4.69) is 30.8 Å². The third kappa shape index (κ3) is 4.13. The smallest absolute Gasteiger partial charge is 0.319 e. The molecule has 0 radical (unpaired) electrons. The first kappa shape index (κ1) is 21.7. The number of aromatic amines is 1. The minimum atomic E-state index is -0.629. The van der Waals surface area contributed by atoms with Gasteiger partial charge in [0.2, 0.25) is 0 Å². The predicted octanol–water partition coefficient (Wildman–Crippen LogP) is 3.15. The number of carbonyl (C=O) groups is 1. The molecule has 3 N–H and O–H groups in total. The van der Waals surface area contributed by atoms with E-state index in [0.29, 0.717) is 18.9 Å². The SMILES string of the molecule is CN(C)C[C@@H](NC(=O)N1Cc2c(Nc3ncncc3F)n[nH]c2C1(C)C)c1ccccc1. The van der Waals surface area contributed by atoms with Crippen molar-refractivity contribution >= 4 is 17.7 Å². The monoisotopic (exact) mass is 438 g/mol. The van der Waals surface area contributed by atoms with Crippen molar-refractivity contribution in [3.8, 4) is 0 Å². The number of benzene rings is 1. The van der Waals surface area contributed by atoms with E-state index in [4.69, 9.17) is 0 Å². The van der Waals surface area contributed by atoms with Crippen LogP contribution in [0.4, 0.5) is 20.8 Å². The number of fused-ring (bicyclic) bond motifs is 1. The van der Waals surface area contributed by atoms with Crippen LogP contribution in [0.1, 0.15) is 36.7 Å². The molecule has 2 amide bonds. The highest BCUT2D eigenvalue weighted by Crippen LogP contribution is 2.41. The Morgan fingerprint density at radius 2 is 2.03 bits per heavy atom. The van der Waals surface area contributed by atoms with Crippen LogP contribution in [-0.2, 0) is 12.1 Å². The summed E-state index contributed by atoms with van der Waals surface area (Å²) in [6.07, 6.45) is 2.34. The lowest BCUT2D eigenvalue weighted by molar-refractivity contribution is 0.138. The summed E-state index contributed by atoms with van der Waals surface area (Å²) in [5.74, 6) is -0.107. The number of H-pyrrole nitrogens is 1. The highest BCUT2D eigenvalue weighted by atomic mass is 19.1. The summed E-state index contributed by atoms with van der Waals surface area (Å²) < 4.78 is 14.0. The summed E-state index contributed by atoms with van der Waals surface area (Å²) >= 11 is 0. The molecule has 0 aliphatic carbocycles. The largest absolute Gasteiger partial charge is 0.330 e. The van der Waals surface area contributed by atoms with Gasteiger partial charge in [-0.1, -0.05) is 30.3 Å². The van der Waals surface area contributed by atoms with Gasteiger partial charge in [0.1, 0.15) is 6.33 Å². The van der Waals surface area contributed by atoms with Gasteiger partial charge in [-0.25, -0.2) is 19.2 Å². The molecule has 1 aliphatic rings. The van der Waals surface area contributed by atoms with Crippen molar-refractivity contribution in [1.29, 1.82) is 0 Å². The van der Waals surface area contributed by atoms with E-state index < -0.39 is 11.4 Å². The first-order chi connectivity index (χ1) is 15.3. The first-order valence-electron chi connectivity index (χ1n) is 10.4. The number of nitrogens with zero attached hydrogens (tertiary/aromatic N) is 5. The Morgan fingerprint density at radius 3 is 2.72 bits per heavy atom. The van der Waals surface area contributed by atoms with Crippen molar-refractivity contribution in [2.24, 2.45) is 0 Å². The number of rotatable bonds is 6. The van der Waals surface area contributed by atoms with Gasteiger partial charge in [-0.2, -0.15) is 5.10 Å². The van der Waals surface area contributed by atoms with Gasteiger partial charge in [0.15, 0.2) is 17.5 Å². The van der Waals surface area contributed by atoms with Gasteiger partial charge < -0.3 is 20.4 Å². The molecule has 3 aromatic rings. The minimum absolute atomic E-state index is 0.0325. The Bertz CT molecular complexity index is 1100. The number of nitrogens with one attached hydrogen (secondary N) is 3. The lowest BCUT2D eigenvalue weighted by Gasteiger charge is -2.34. The molecule has 0 spiro atoms. The lowest BCUT2D eigenvalue weighted by atomic mass is 10.0. The van der Waals surface area contributed by atoms with E-state index >= 15 is 0 Å². The highest BCUT2D eigenvalue weighted by molar-refractivity contribution is 5.78. The molecule has 1 aliphatic heterocycles.